The third-order valence-corrected chi connectivity index (χ3v) is 3.44. The summed E-state index contributed by atoms with van der Waals surface area (Å²) in [7, 11) is 2.95. The number of esters is 1. The minimum Gasteiger partial charge on any atom is -0.464 e. The summed E-state index contributed by atoms with van der Waals surface area (Å²) in [5.74, 6) is -0.542. The smallest absolute Gasteiger partial charge is 0.354 e. The number of para-hydroxylation sites is 1. The maximum Gasteiger partial charge on any atom is 0.354 e. The molecule has 1 aliphatic heterocycles. The molecule has 1 aliphatic rings. The lowest BCUT2D eigenvalue weighted by molar-refractivity contribution is -0.132. The minimum atomic E-state index is -0.542. The third-order valence-electron chi connectivity index (χ3n) is 3.44. The fourth-order valence-electron chi connectivity index (χ4n) is 2.35. The van der Waals surface area contributed by atoms with Gasteiger partial charge in [0.2, 0.25) is 0 Å². The van der Waals surface area contributed by atoms with E-state index in [-0.39, 0.29) is 17.7 Å². The first kappa shape index (κ1) is 14.0. The molecular weight excluding hydrogens is 284 g/mol. The Balaban J connectivity index is 2.11. The second kappa shape index (κ2) is 5.44. The zero-order chi connectivity index (χ0) is 15.7. The van der Waals surface area contributed by atoms with Crippen LogP contribution in [-0.2, 0) is 16.0 Å². The van der Waals surface area contributed by atoms with E-state index in [1.54, 1.807) is 25.4 Å². The van der Waals surface area contributed by atoms with Gasteiger partial charge >= 0.3 is 5.97 Å². The van der Waals surface area contributed by atoms with E-state index in [4.69, 9.17) is 0 Å². The van der Waals surface area contributed by atoms with Gasteiger partial charge in [-0.15, -0.1) is 0 Å². The highest BCUT2D eigenvalue weighted by atomic mass is 16.5. The molecule has 0 fully saturated rings. The molecule has 0 aliphatic carbocycles. The number of fused-ring (bicyclic) bond motifs is 1. The van der Waals surface area contributed by atoms with Crippen LogP contribution in [-0.4, -0.2) is 35.6 Å². The molecule has 7 heteroatoms. The topological polar surface area (TPSA) is 76.8 Å². The number of nitrogens with zero attached hydrogens (tertiary/aromatic N) is 4. The Kier molecular flexibility index (Phi) is 3.46. The van der Waals surface area contributed by atoms with Gasteiger partial charge in [0.15, 0.2) is 5.71 Å². The zero-order valence-electron chi connectivity index (χ0n) is 12.2. The monoisotopic (exact) mass is 298 g/mol. The van der Waals surface area contributed by atoms with Crippen molar-refractivity contribution < 1.29 is 9.53 Å². The Morgan fingerprint density at radius 1 is 1.27 bits per heavy atom. The van der Waals surface area contributed by atoms with Crippen molar-refractivity contribution in [2.45, 2.75) is 6.42 Å². The molecule has 22 heavy (non-hydrogen) atoms. The standard InChI is InChI=1S/C15H14N4O3/c1-18-13-9-16-19(10-6-4-3-5-7-10)14(20)11(13)8-12(17-18)15(21)22-2/h3-7,9H,8H2,1-2H3. The van der Waals surface area contributed by atoms with E-state index in [1.165, 1.54) is 16.8 Å². The average molecular weight is 298 g/mol. The van der Waals surface area contributed by atoms with E-state index in [1.807, 2.05) is 18.2 Å². The van der Waals surface area contributed by atoms with Crippen LogP contribution in [0.15, 0.2) is 46.4 Å². The van der Waals surface area contributed by atoms with Gasteiger partial charge in [0, 0.05) is 13.5 Å². The lowest BCUT2D eigenvalue weighted by Crippen LogP contribution is -2.35. The van der Waals surface area contributed by atoms with Gasteiger partial charge < -0.3 is 4.74 Å². The number of anilines is 1. The molecule has 1 aromatic carbocycles. The van der Waals surface area contributed by atoms with Gasteiger partial charge in [-0.1, -0.05) is 18.2 Å². The summed E-state index contributed by atoms with van der Waals surface area (Å²) in [6, 6.07) is 9.11. The Labute approximate surface area is 126 Å². The fraction of sp³-hybridized carbons (Fsp3) is 0.200. The number of hydrogen-bond donors (Lipinski definition) is 0. The van der Waals surface area contributed by atoms with E-state index in [0.717, 1.165) is 0 Å². The molecule has 1 aromatic heterocycles. The summed E-state index contributed by atoms with van der Waals surface area (Å²) < 4.78 is 6.00. The van der Waals surface area contributed by atoms with Crippen molar-refractivity contribution in [3.05, 3.63) is 52.4 Å². The highest BCUT2D eigenvalue weighted by Crippen LogP contribution is 2.21. The molecule has 2 heterocycles. The van der Waals surface area contributed by atoms with E-state index in [2.05, 4.69) is 14.9 Å². The van der Waals surface area contributed by atoms with Crippen LogP contribution in [0.2, 0.25) is 0 Å². The summed E-state index contributed by atoms with van der Waals surface area (Å²) in [5, 5.41) is 9.77. The number of hydrogen-bond acceptors (Lipinski definition) is 6. The Morgan fingerprint density at radius 3 is 2.68 bits per heavy atom. The van der Waals surface area contributed by atoms with E-state index in [0.29, 0.717) is 16.9 Å². The van der Waals surface area contributed by atoms with Crippen LogP contribution >= 0.6 is 0 Å². The molecule has 0 atom stereocenters. The van der Waals surface area contributed by atoms with Crippen molar-refractivity contribution in [3.63, 3.8) is 0 Å². The summed E-state index contributed by atoms with van der Waals surface area (Å²) >= 11 is 0. The molecule has 0 radical (unpaired) electrons. The number of methoxy groups -OCH3 is 1. The number of ether oxygens (including phenoxy) is 1. The molecule has 0 amide bonds. The normalized spacial score (nSPS) is 13.4. The molecule has 3 rings (SSSR count). The molecule has 0 saturated carbocycles. The van der Waals surface area contributed by atoms with Crippen molar-refractivity contribution >= 4 is 17.4 Å². The van der Waals surface area contributed by atoms with Gasteiger partial charge in [-0.2, -0.15) is 14.9 Å². The number of rotatable bonds is 2. The first-order valence-corrected chi connectivity index (χ1v) is 6.68. The van der Waals surface area contributed by atoms with Crippen molar-refractivity contribution in [2.75, 3.05) is 19.2 Å². The molecule has 0 bridgehead atoms. The van der Waals surface area contributed by atoms with Gasteiger partial charge in [0.05, 0.1) is 30.2 Å². The number of carbonyl (C=O) groups is 1. The molecule has 0 N–H and O–H groups in total. The Morgan fingerprint density at radius 2 is 2.00 bits per heavy atom. The summed E-state index contributed by atoms with van der Waals surface area (Å²) in [5.41, 5.74) is 1.65. The zero-order valence-corrected chi connectivity index (χ0v) is 12.2. The molecule has 0 saturated heterocycles. The Bertz CT molecular complexity index is 811. The average Bonchev–Trinajstić information content (AvgIpc) is 2.55. The second-order valence-corrected chi connectivity index (χ2v) is 4.80. The number of aromatic nitrogens is 2. The van der Waals surface area contributed by atoms with E-state index in [9.17, 15) is 9.59 Å². The molecular formula is C15H14N4O3. The Hall–Kier alpha value is -2.96. The highest BCUT2D eigenvalue weighted by Gasteiger charge is 2.26. The summed E-state index contributed by atoms with van der Waals surface area (Å²) in [6.45, 7) is 0. The van der Waals surface area contributed by atoms with Gasteiger partial charge in [-0.05, 0) is 12.1 Å². The lowest BCUT2D eigenvalue weighted by Gasteiger charge is -2.23. The van der Waals surface area contributed by atoms with Gasteiger partial charge in [-0.25, -0.2) is 4.79 Å². The molecule has 0 spiro atoms. The SMILES string of the molecule is COC(=O)C1=NN(C)c2cnn(-c3ccccc3)c(=O)c2C1. The van der Waals surface area contributed by atoms with E-state index >= 15 is 0 Å². The van der Waals surface area contributed by atoms with Gasteiger partial charge in [0.25, 0.3) is 5.56 Å². The van der Waals surface area contributed by atoms with Crippen LogP contribution in [0.1, 0.15) is 5.56 Å². The van der Waals surface area contributed by atoms with Crippen LogP contribution < -0.4 is 10.6 Å². The van der Waals surface area contributed by atoms with Crippen LogP contribution in [0.5, 0.6) is 0 Å². The third kappa shape index (κ3) is 2.26. The molecule has 2 aromatic rings. The quantitative estimate of drug-likeness (QED) is 0.765. The maximum absolute atomic E-state index is 12.7. The second-order valence-electron chi connectivity index (χ2n) is 4.80. The predicted octanol–water partition coefficient (Wildman–Crippen LogP) is 0.754. The molecule has 0 unspecified atom stereocenters. The first-order valence-electron chi connectivity index (χ1n) is 6.68. The lowest BCUT2D eigenvalue weighted by atomic mass is 10.1. The van der Waals surface area contributed by atoms with Crippen molar-refractivity contribution in [2.24, 2.45) is 5.10 Å². The molecule has 7 nitrogen and oxygen atoms in total. The fourth-order valence-corrected chi connectivity index (χ4v) is 2.35. The van der Waals surface area contributed by atoms with Crippen molar-refractivity contribution in [1.29, 1.82) is 0 Å². The largest absolute Gasteiger partial charge is 0.464 e. The van der Waals surface area contributed by atoms with Crippen LogP contribution in [0.4, 0.5) is 5.69 Å². The van der Waals surface area contributed by atoms with Crippen LogP contribution in [0.3, 0.4) is 0 Å². The van der Waals surface area contributed by atoms with Gasteiger partial charge in [-0.3, -0.25) is 9.80 Å². The predicted molar refractivity (Wildman–Crippen MR) is 81.4 cm³/mol. The van der Waals surface area contributed by atoms with Crippen molar-refractivity contribution in [1.82, 2.24) is 9.78 Å². The summed E-state index contributed by atoms with van der Waals surface area (Å²) in [4.78, 5) is 24.4. The minimum absolute atomic E-state index is 0.126. The number of benzene rings is 1. The number of carbonyl (C=O) groups excluding carboxylic acids is 1. The molecule has 112 valence electrons. The van der Waals surface area contributed by atoms with E-state index < -0.39 is 5.97 Å². The maximum atomic E-state index is 12.7. The highest BCUT2D eigenvalue weighted by molar-refractivity contribution is 6.37. The van der Waals surface area contributed by atoms with Crippen molar-refractivity contribution in [3.8, 4) is 5.69 Å². The summed E-state index contributed by atoms with van der Waals surface area (Å²) in [6.07, 6.45) is 1.70. The van der Waals surface area contributed by atoms with Gasteiger partial charge in [0.1, 0.15) is 0 Å². The van der Waals surface area contributed by atoms with Crippen LogP contribution in [0, 0.1) is 0 Å². The van der Waals surface area contributed by atoms with Crippen LogP contribution in [0.25, 0.3) is 5.69 Å². The number of hydrazone groups is 1. The first-order chi connectivity index (χ1) is 10.6.